The molecule has 0 amide bonds. The average molecular weight is 351 g/mol. The molecular formula is C20H25N5O. The van der Waals surface area contributed by atoms with Gasteiger partial charge in [-0.15, -0.1) is 5.10 Å². The molecule has 0 N–H and O–H groups in total. The van der Waals surface area contributed by atoms with Crippen molar-refractivity contribution in [3.63, 3.8) is 0 Å². The third-order valence-electron chi connectivity index (χ3n) is 4.32. The first kappa shape index (κ1) is 18.1. The summed E-state index contributed by atoms with van der Waals surface area (Å²) in [5, 5.41) is 10.4. The Morgan fingerprint density at radius 2 is 1.69 bits per heavy atom. The molecule has 6 heteroatoms. The molecule has 3 aromatic rings. The van der Waals surface area contributed by atoms with E-state index in [4.69, 9.17) is 4.84 Å². The molecule has 1 aromatic heterocycles. The maximum Gasteiger partial charge on any atom is 0.0971 e. The van der Waals surface area contributed by atoms with Crippen molar-refractivity contribution in [3.8, 4) is 5.69 Å². The summed E-state index contributed by atoms with van der Waals surface area (Å²) in [5.74, 6) is 0. The highest BCUT2D eigenvalue weighted by atomic mass is 16.7. The van der Waals surface area contributed by atoms with Crippen LogP contribution >= 0.6 is 0 Å². The van der Waals surface area contributed by atoms with E-state index >= 15 is 0 Å². The molecule has 0 aliphatic rings. The van der Waals surface area contributed by atoms with Gasteiger partial charge in [-0.3, -0.25) is 9.74 Å². The van der Waals surface area contributed by atoms with Gasteiger partial charge in [0.25, 0.3) is 0 Å². The molecule has 6 nitrogen and oxygen atoms in total. The Morgan fingerprint density at radius 1 is 0.962 bits per heavy atom. The minimum atomic E-state index is 0.806. The van der Waals surface area contributed by atoms with Gasteiger partial charge >= 0.3 is 0 Å². The topological polar surface area (TPSA) is 46.4 Å². The van der Waals surface area contributed by atoms with Gasteiger partial charge in [0.2, 0.25) is 0 Å². The summed E-state index contributed by atoms with van der Waals surface area (Å²) in [4.78, 5) is 7.89. The number of benzene rings is 2. The second-order valence-corrected chi connectivity index (χ2v) is 5.95. The summed E-state index contributed by atoms with van der Waals surface area (Å²) in [6.07, 6.45) is 1.98. The fourth-order valence-corrected chi connectivity index (χ4v) is 2.86. The molecule has 0 aliphatic carbocycles. The molecule has 26 heavy (non-hydrogen) atoms. The van der Waals surface area contributed by atoms with Crippen molar-refractivity contribution in [2.45, 2.75) is 20.4 Å². The van der Waals surface area contributed by atoms with E-state index in [0.29, 0.717) is 0 Å². The Balaban J connectivity index is 1.84. The van der Waals surface area contributed by atoms with Crippen LogP contribution in [0, 0.1) is 0 Å². The first-order valence-corrected chi connectivity index (χ1v) is 8.88. The van der Waals surface area contributed by atoms with E-state index in [-0.39, 0.29) is 0 Å². The molecule has 0 aliphatic heterocycles. The van der Waals surface area contributed by atoms with Crippen molar-refractivity contribution in [1.82, 2.24) is 19.9 Å². The second-order valence-electron chi connectivity index (χ2n) is 5.95. The molecule has 0 unspecified atom stereocenters. The van der Waals surface area contributed by atoms with Crippen molar-refractivity contribution in [2.75, 3.05) is 25.3 Å². The molecule has 0 bridgehead atoms. The van der Waals surface area contributed by atoms with Gasteiger partial charge in [-0.2, -0.15) is 0 Å². The van der Waals surface area contributed by atoms with Crippen LogP contribution in [0.2, 0.25) is 0 Å². The Bertz CT molecular complexity index is 814. The van der Waals surface area contributed by atoms with Crippen LogP contribution in [0.25, 0.3) is 5.69 Å². The number of hydrogen-bond acceptors (Lipinski definition) is 5. The Hall–Kier alpha value is -2.70. The number of para-hydroxylation sites is 1. The minimum Gasteiger partial charge on any atom is -0.298 e. The standard InChI is InChI=1S/C20H25N5O/c1-4-23(5-2)15-17-16-24(22-21-17)19-12-9-13-20(14-19)25(26-3)18-10-7-6-8-11-18/h6-14,16H,4-5,15H2,1-3H3. The number of nitrogens with zero attached hydrogens (tertiary/aromatic N) is 5. The average Bonchev–Trinajstić information content (AvgIpc) is 3.16. The summed E-state index contributed by atoms with van der Waals surface area (Å²) in [6.45, 7) is 7.11. The largest absolute Gasteiger partial charge is 0.298 e. The van der Waals surface area contributed by atoms with E-state index in [2.05, 4.69) is 29.1 Å². The van der Waals surface area contributed by atoms with Crippen LogP contribution in [0.3, 0.4) is 0 Å². The lowest BCUT2D eigenvalue weighted by Gasteiger charge is -2.22. The molecule has 0 radical (unpaired) electrons. The van der Waals surface area contributed by atoms with Crippen LogP contribution in [0.5, 0.6) is 0 Å². The monoisotopic (exact) mass is 351 g/mol. The van der Waals surface area contributed by atoms with Crippen molar-refractivity contribution in [3.05, 3.63) is 66.5 Å². The van der Waals surface area contributed by atoms with Crippen molar-refractivity contribution >= 4 is 11.4 Å². The van der Waals surface area contributed by atoms with Crippen LogP contribution in [0.4, 0.5) is 11.4 Å². The van der Waals surface area contributed by atoms with Crippen molar-refractivity contribution < 1.29 is 4.84 Å². The van der Waals surface area contributed by atoms with E-state index in [1.54, 1.807) is 16.9 Å². The van der Waals surface area contributed by atoms with Gasteiger partial charge in [-0.25, -0.2) is 9.75 Å². The number of anilines is 2. The van der Waals surface area contributed by atoms with Gasteiger partial charge in [0, 0.05) is 6.54 Å². The first-order chi connectivity index (χ1) is 12.7. The molecule has 2 aromatic carbocycles. The zero-order valence-corrected chi connectivity index (χ0v) is 15.5. The molecule has 0 saturated heterocycles. The van der Waals surface area contributed by atoms with Gasteiger partial charge in [-0.1, -0.05) is 43.3 Å². The van der Waals surface area contributed by atoms with E-state index < -0.39 is 0 Å². The highest BCUT2D eigenvalue weighted by Gasteiger charge is 2.11. The molecule has 136 valence electrons. The summed E-state index contributed by atoms with van der Waals surface area (Å²) in [6, 6.07) is 18.0. The Labute approximate surface area is 154 Å². The summed E-state index contributed by atoms with van der Waals surface area (Å²) in [5.41, 5.74) is 3.80. The third-order valence-corrected chi connectivity index (χ3v) is 4.32. The lowest BCUT2D eigenvalue weighted by Crippen LogP contribution is -2.22. The molecule has 0 saturated carbocycles. The predicted octanol–water partition coefficient (Wildman–Crippen LogP) is 3.81. The normalized spacial score (nSPS) is 11.1. The van der Waals surface area contributed by atoms with E-state index in [1.165, 1.54) is 0 Å². The lowest BCUT2D eigenvalue weighted by molar-refractivity contribution is 0.201. The highest BCUT2D eigenvalue weighted by molar-refractivity contribution is 5.62. The number of aromatic nitrogens is 3. The smallest absolute Gasteiger partial charge is 0.0971 e. The van der Waals surface area contributed by atoms with Crippen LogP contribution in [-0.4, -0.2) is 40.1 Å². The highest BCUT2D eigenvalue weighted by Crippen LogP contribution is 2.26. The molecule has 0 atom stereocenters. The van der Waals surface area contributed by atoms with Gasteiger partial charge in [0.05, 0.1) is 36.1 Å². The maximum absolute atomic E-state index is 5.58. The Morgan fingerprint density at radius 3 is 2.38 bits per heavy atom. The van der Waals surface area contributed by atoms with Crippen molar-refractivity contribution in [1.29, 1.82) is 0 Å². The summed E-state index contributed by atoms with van der Waals surface area (Å²) >= 11 is 0. The first-order valence-electron chi connectivity index (χ1n) is 8.88. The molecular weight excluding hydrogens is 326 g/mol. The van der Waals surface area contributed by atoms with Crippen molar-refractivity contribution in [2.24, 2.45) is 0 Å². The van der Waals surface area contributed by atoms with Crippen LogP contribution in [0.1, 0.15) is 19.5 Å². The zero-order valence-electron chi connectivity index (χ0n) is 15.5. The van der Waals surface area contributed by atoms with Crippen LogP contribution in [0.15, 0.2) is 60.8 Å². The molecule has 0 spiro atoms. The fraction of sp³-hybridized carbons (Fsp3) is 0.300. The van der Waals surface area contributed by atoms with Crippen LogP contribution < -0.4 is 5.06 Å². The quantitative estimate of drug-likeness (QED) is 0.578. The summed E-state index contributed by atoms with van der Waals surface area (Å²) in [7, 11) is 1.66. The van der Waals surface area contributed by atoms with E-state index in [1.807, 2.05) is 60.8 Å². The zero-order chi connectivity index (χ0) is 18.4. The van der Waals surface area contributed by atoms with E-state index in [9.17, 15) is 0 Å². The SMILES string of the molecule is CCN(CC)Cc1cn(-c2cccc(N(OC)c3ccccc3)c2)nn1. The van der Waals surface area contributed by atoms with Gasteiger partial charge in [0.1, 0.15) is 0 Å². The van der Waals surface area contributed by atoms with Gasteiger partial charge < -0.3 is 0 Å². The summed E-state index contributed by atoms with van der Waals surface area (Å²) < 4.78 is 1.81. The van der Waals surface area contributed by atoms with Gasteiger partial charge in [-0.05, 0) is 43.4 Å². The number of rotatable bonds is 8. The predicted molar refractivity (Wildman–Crippen MR) is 104 cm³/mol. The fourth-order valence-electron chi connectivity index (χ4n) is 2.86. The Kier molecular flexibility index (Phi) is 5.99. The lowest BCUT2D eigenvalue weighted by atomic mass is 10.2. The molecule has 3 rings (SSSR count). The minimum absolute atomic E-state index is 0.806. The van der Waals surface area contributed by atoms with E-state index in [0.717, 1.165) is 42.4 Å². The van der Waals surface area contributed by atoms with Gasteiger partial charge in [0.15, 0.2) is 0 Å². The number of hydrogen-bond donors (Lipinski definition) is 0. The third kappa shape index (κ3) is 4.09. The van der Waals surface area contributed by atoms with Crippen LogP contribution in [-0.2, 0) is 11.4 Å². The second kappa shape index (κ2) is 8.60. The maximum atomic E-state index is 5.58. The molecule has 0 fully saturated rings. The molecule has 1 heterocycles.